The van der Waals surface area contributed by atoms with Crippen molar-refractivity contribution in [3.05, 3.63) is 56.7 Å². The number of nitrogens with one attached hydrogen (secondary N) is 1. The van der Waals surface area contributed by atoms with Crippen LogP contribution in [0.4, 0.5) is 11.5 Å². The molecule has 7 heteroatoms. The van der Waals surface area contributed by atoms with Crippen LogP contribution in [0.25, 0.3) is 10.2 Å². The summed E-state index contributed by atoms with van der Waals surface area (Å²) in [5, 5.41) is 15.1. The van der Waals surface area contributed by atoms with E-state index in [0.717, 1.165) is 40.3 Å². The second-order valence-corrected chi connectivity index (χ2v) is 6.75. The van der Waals surface area contributed by atoms with Crippen molar-refractivity contribution in [1.29, 1.82) is 0 Å². The van der Waals surface area contributed by atoms with Crippen LogP contribution in [0.1, 0.15) is 23.2 Å². The lowest BCUT2D eigenvalue weighted by atomic mass is 10.1. The summed E-state index contributed by atoms with van der Waals surface area (Å²) in [4.78, 5) is 21.7. The van der Waals surface area contributed by atoms with Gasteiger partial charge in [0.2, 0.25) is 0 Å². The van der Waals surface area contributed by atoms with E-state index in [9.17, 15) is 10.1 Å². The van der Waals surface area contributed by atoms with Crippen LogP contribution in [-0.2, 0) is 12.8 Å². The van der Waals surface area contributed by atoms with Gasteiger partial charge in [-0.25, -0.2) is 9.97 Å². The maximum absolute atomic E-state index is 10.7. The standard InChI is InChI=1S/C17H18N4O2S/c1-3-15-19-16(14-10-11(2)24-17(14)20-15)18-9-8-12-4-6-13(7-5-12)21(22)23/h4-7,10H,3,8-9H2,1-2H3,(H,18,19,20). The zero-order valence-electron chi connectivity index (χ0n) is 13.6. The van der Waals surface area contributed by atoms with Crippen molar-refractivity contribution in [2.45, 2.75) is 26.7 Å². The number of rotatable bonds is 6. The van der Waals surface area contributed by atoms with Crippen LogP contribution in [-0.4, -0.2) is 21.4 Å². The first kappa shape index (κ1) is 16.3. The van der Waals surface area contributed by atoms with Crippen LogP contribution in [0.2, 0.25) is 0 Å². The van der Waals surface area contributed by atoms with Crippen LogP contribution in [0.5, 0.6) is 0 Å². The summed E-state index contributed by atoms with van der Waals surface area (Å²) in [6.45, 7) is 4.82. The molecule has 0 fully saturated rings. The Morgan fingerprint density at radius 2 is 2.00 bits per heavy atom. The summed E-state index contributed by atoms with van der Waals surface area (Å²) in [6, 6.07) is 8.77. The first-order valence-corrected chi connectivity index (χ1v) is 8.62. The Morgan fingerprint density at radius 3 is 2.67 bits per heavy atom. The van der Waals surface area contributed by atoms with Crippen LogP contribution in [0.3, 0.4) is 0 Å². The van der Waals surface area contributed by atoms with E-state index in [1.54, 1.807) is 23.5 Å². The van der Waals surface area contributed by atoms with Gasteiger partial charge in [-0.15, -0.1) is 11.3 Å². The molecule has 0 saturated carbocycles. The maximum Gasteiger partial charge on any atom is 0.269 e. The highest BCUT2D eigenvalue weighted by Crippen LogP contribution is 2.28. The van der Waals surface area contributed by atoms with Crippen LogP contribution < -0.4 is 5.32 Å². The molecule has 6 nitrogen and oxygen atoms in total. The summed E-state index contributed by atoms with van der Waals surface area (Å²) < 4.78 is 0. The third-order valence-corrected chi connectivity index (χ3v) is 4.68. The quantitative estimate of drug-likeness (QED) is 0.538. The minimum Gasteiger partial charge on any atom is -0.369 e. The van der Waals surface area contributed by atoms with Gasteiger partial charge in [-0.1, -0.05) is 19.1 Å². The summed E-state index contributed by atoms with van der Waals surface area (Å²) >= 11 is 1.68. The van der Waals surface area contributed by atoms with E-state index < -0.39 is 0 Å². The van der Waals surface area contributed by atoms with Gasteiger partial charge in [0.15, 0.2) is 0 Å². The molecule has 0 spiro atoms. The van der Waals surface area contributed by atoms with Gasteiger partial charge in [-0.05, 0) is 25.0 Å². The van der Waals surface area contributed by atoms with Gasteiger partial charge < -0.3 is 5.32 Å². The smallest absolute Gasteiger partial charge is 0.269 e. The fraction of sp³-hybridized carbons (Fsp3) is 0.294. The van der Waals surface area contributed by atoms with E-state index >= 15 is 0 Å². The summed E-state index contributed by atoms with van der Waals surface area (Å²) in [5.74, 6) is 1.70. The highest BCUT2D eigenvalue weighted by Gasteiger charge is 2.10. The normalized spacial score (nSPS) is 10.9. The van der Waals surface area contributed by atoms with E-state index in [2.05, 4.69) is 28.3 Å². The van der Waals surface area contributed by atoms with Crippen molar-refractivity contribution in [2.75, 3.05) is 11.9 Å². The van der Waals surface area contributed by atoms with Crippen molar-refractivity contribution in [2.24, 2.45) is 0 Å². The number of aromatic nitrogens is 2. The number of benzene rings is 1. The van der Waals surface area contributed by atoms with E-state index in [4.69, 9.17) is 0 Å². The molecule has 124 valence electrons. The zero-order valence-corrected chi connectivity index (χ0v) is 14.4. The number of nitrogens with zero attached hydrogens (tertiary/aromatic N) is 3. The predicted octanol–water partition coefficient (Wildman–Crippen LogP) is 4.12. The maximum atomic E-state index is 10.7. The van der Waals surface area contributed by atoms with E-state index in [1.807, 2.05) is 6.92 Å². The fourth-order valence-electron chi connectivity index (χ4n) is 2.49. The van der Waals surface area contributed by atoms with Crippen molar-refractivity contribution in [1.82, 2.24) is 9.97 Å². The number of nitro benzene ring substituents is 1. The Bertz CT molecular complexity index is 874. The molecule has 0 aliphatic rings. The Hall–Kier alpha value is -2.54. The lowest BCUT2D eigenvalue weighted by Gasteiger charge is -2.08. The minimum absolute atomic E-state index is 0.116. The van der Waals surface area contributed by atoms with Gasteiger partial charge in [0.05, 0.1) is 10.3 Å². The third-order valence-electron chi connectivity index (χ3n) is 3.73. The molecule has 0 aliphatic heterocycles. The van der Waals surface area contributed by atoms with Crippen molar-refractivity contribution >= 4 is 33.1 Å². The number of anilines is 1. The second kappa shape index (κ2) is 6.92. The molecular weight excluding hydrogens is 324 g/mol. The molecule has 2 heterocycles. The molecule has 1 N–H and O–H groups in total. The van der Waals surface area contributed by atoms with E-state index in [-0.39, 0.29) is 10.6 Å². The Morgan fingerprint density at radius 1 is 1.25 bits per heavy atom. The van der Waals surface area contributed by atoms with Gasteiger partial charge >= 0.3 is 0 Å². The number of hydrogen-bond acceptors (Lipinski definition) is 6. The highest BCUT2D eigenvalue weighted by molar-refractivity contribution is 7.18. The number of non-ortho nitro benzene ring substituents is 1. The van der Waals surface area contributed by atoms with Crippen molar-refractivity contribution in [3.8, 4) is 0 Å². The minimum atomic E-state index is -0.384. The molecule has 0 amide bonds. The van der Waals surface area contributed by atoms with Gasteiger partial charge in [0.1, 0.15) is 16.5 Å². The highest BCUT2D eigenvalue weighted by atomic mass is 32.1. The molecule has 0 atom stereocenters. The van der Waals surface area contributed by atoms with Gasteiger partial charge in [-0.3, -0.25) is 10.1 Å². The SMILES string of the molecule is CCc1nc(NCCc2ccc([N+](=O)[O-])cc2)c2cc(C)sc2n1. The average Bonchev–Trinajstić information content (AvgIpc) is 2.95. The topological polar surface area (TPSA) is 81.0 Å². The van der Waals surface area contributed by atoms with Crippen LogP contribution in [0.15, 0.2) is 30.3 Å². The van der Waals surface area contributed by atoms with Crippen molar-refractivity contribution in [3.63, 3.8) is 0 Å². The number of nitro groups is 1. The predicted molar refractivity (Wildman–Crippen MR) is 96.8 cm³/mol. The molecule has 1 aromatic carbocycles. The lowest BCUT2D eigenvalue weighted by molar-refractivity contribution is -0.384. The van der Waals surface area contributed by atoms with E-state index in [0.29, 0.717) is 6.54 Å². The number of aryl methyl sites for hydroxylation is 2. The molecular formula is C17H18N4O2S. The Kier molecular flexibility index (Phi) is 4.71. The number of thiophene rings is 1. The van der Waals surface area contributed by atoms with Crippen LogP contribution >= 0.6 is 11.3 Å². The molecule has 0 bridgehead atoms. The van der Waals surface area contributed by atoms with Gasteiger partial charge in [0, 0.05) is 30.0 Å². The molecule has 0 aliphatic carbocycles. The summed E-state index contributed by atoms with van der Waals surface area (Å²) in [6.07, 6.45) is 1.57. The number of hydrogen-bond donors (Lipinski definition) is 1. The Labute approximate surface area is 143 Å². The largest absolute Gasteiger partial charge is 0.369 e. The molecule has 0 unspecified atom stereocenters. The lowest BCUT2D eigenvalue weighted by Crippen LogP contribution is -2.08. The summed E-state index contributed by atoms with van der Waals surface area (Å²) in [7, 11) is 0. The average molecular weight is 342 g/mol. The summed E-state index contributed by atoms with van der Waals surface area (Å²) in [5.41, 5.74) is 1.17. The van der Waals surface area contributed by atoms with Gasteiger partial charge in [0.25, 0.3) is 5.69 Å². The molecule has 2 aromatic heterocycles. The van der Waals surface area contributed by atoms with Crippen LogP contribution in [0, 0.1) is 17.0 Å². The van der Waals surface area contributed by atoms with Crippen molar-refractivity contribution < 1.29 is 4.92 Å². The molecule has 0 saturated heterocycles. The van der Waals surface area contributed by atoms with Gasteiger partial charge in [-0.2, -0.15) is 0 Å². The number of fused-ring (bicyclic) bond motifs is 1. The zero-order chi connectivity index (χ0) is 17.1. The molecule has 24 heavy (non-hydrogen) atoms. The first-order chi connectivity index (χ1) is 11.6. The second-order valence-electron chi connectivity index (χ2n) is 5.52. The monoisotopic (exact) mass is 342 g/mol. The third kappa shape index (κ3) is 3.51. The fourth-order valence-corrected chi connectivity index (χ4v) is 3.39. The molecule has 3 aromatic rings. The first-order valence-electron chi connectivity index (χ1n) is 7.81. The van der Waals surface area contributed by atoms with E-state index in [1.165, 1.54) is 17.0 Å². The molecule has 0 radical (unpaired) electrons. The Balaban J connectivity index is 1.72. The molecule has 3 rings (SSSR count).